The Hall–Kier alpha value is -2.15. The third kappa shape index (κ3) is 2.84. The maximum Gasteiger partial charge on any atom is 0.229 e. The van der Waals surface area contributed by atoms with E-state index in [0.29, 0.717) is 13.1 Å². The molecule has 6 nitrogen and oxygen atoms in total. The summed E-state index contributed by atoms with van der Waals surface area (Å²) in [6.45, 7) is 1.24. The first-order valence-corrected chi connectivity index (χ1v) is 9.04. The van der Waals surface area contributed by atoms with E-state index in [0.717, 1.165) is 40.7 Å². The third-order valence-corrected chi connectivity index (χ3v) is 5.68. The molecule has 0 unspecified atom stereocenters. The molecular formula is C17H20N4O2S. The minimum atomic E-state index is -0.209. The first-order valence-electron chi connectivity index (χ1n) is 8.22. The van der Waals surface area contributed by atoms with Crippen LogP contribution in [0.3, 0.4) is 0 Å². The number of anilines is 1. The molecule has 2 aliphatic rings. The molecule has 1 aromatic heterocycles. The van der Waals surface area contributed by atoms with Crippen LogP contribution in [-0.2, 0) is 17.8 Å². The van der Waals surface area contributed by atoms with Gasteiger partial charge in [0.1, 0.15) is 16.4 Å². The van der Waals surface area contributed by atoms with Gasteiger partial charge >= 0.3 is 0 Å². The molecule has 1 spiro atoms. The average Bonchev–Trinajstić information content (AvgIpc) is 2.91. The molecule has 24 heavy (non-hydrogen) atoms. The predicted octanol–water partition coefficient (Wildman–Crippen LogP) is 2.47. The molecule has 1 amide bonds. The monoisotopic (exact) mass is 344 g/mol. The Bertz CT molecular complexity index is 757. The first-order chi connectivity index (χ1) is 11.7. The average molecular weight is 344 g/mol. The second-order valence-corrected chi connectivity index (χ2v) is 7.49. The van der Waals surface area contributed by atoms with E-state index in [4.69, 9.17) is 4.74 Å². The van der Waals surface area contributed by atoms with Gasteiger partial charge in [-0.1, -0.05) is 29.5 Å². The zero-order valence-electron chi connectivity index (χ0n) is 13.6. The fourth-order valence-corrected chi connectivity index (χ4v) is 3.97. The molecule has 0 bridgehead atoms. The molecule has 2 aromatic rings. The van der Waals surface area contributed by atoms with Crippen LogP contribution in [0.15, 0.2) is 24.3 Å². The summed E-state index contributed by atoms with van der Waals surface area (Å²) in [6.07, 6.45) is 3.46. The molecule has 0 atom stereocenters. The van der Waals surface area contributed by atoms with Crippen LogP contribution in [0.25, 0.3) is 0 Å². The second kappa shape index (κ2) is 6.05. The molecular weight excluding hydrogens is 324 g/mol. The van der Waals surface area contributed by atoms with Gasteiger partial charge in [0.2, 0.25) is 11.0 Å². The highest BCUT2D eigenvalue weighted by atomic mass is 32.1. The van der Waals surface area contributed by atoms with Gasteiger partial charge in [-0.15, -0.1) is 10.2 Å². The van der Waals surface area contributed by atoms with Gasteiger partial charge < -0.3 is 15.0 Å². The normalized spacial score (nSPS) is 18.3. The predicted molar refractivity (Wildman–Crippen MR) is 92.2 cm³/mol. The summed E-state index contributed by atoms with van der Waals surface area (Å²) < 4.78 is 6.30. The lowest BCUT2D eigenvalue weighted by atomic mass is 9.79. The van der Waals surface area contributed by atoms with Crippen LogP contribution in [0.2, 0.25) is 0 Å². The van der Waals surface area contributed by atoms with Crippen molar-refractivity contribution >= 4 is 22.4 Å². The Morgan fingerprint density at radius 2 is 2.21 bits per heavy atom. The van der Waals surface area contributed by atoms with Crippen molar-refractivity contribution in [2.24, 2.45) is 0 Å². The Balaban J connectivity index is 1.56. The standard InChI is InChI=1S/C17H20N4O2S/c1-18-16-20-19-14(24-16)9-15(22)21-10-12-5-2-3-6-13(12)23-17(11-21)7-4-8-17/h2-3,5-6H,4,7-11H2,1H3,(H,18,20). The van der Waals surface area contributed by atoms with E-state index in [2.05, 4.69) is 15.5 Å². The molecule has 7 heteroatoms. The molecule has 1 fully saturated rings. The first kappa shape index (κ1) is 15.4. The second-order valence-electron chi connectivity index (χ2n) is 6.42. The van der Waals surface area contributed by atoms with Gasteiger partial charge in [-0.3, -0.25) is 4.79 Å². The maximum atomic E-state index is 12.8. The summed E-state index contributed by atoms with van der Waals surface area (Å²) in [5, 5.41) is 12.5. The number of carbonyl (C=O) groups is 1. The molecule has 1 saturated carbocycles. The van der Waals surface area contributed by atoms with Gasteiger partial charge in [-0.05, 0) is 25.3 Å². The molecule has 0 radical (unpaired) electrons. The van der Waals surface area contributed by atoms with Crippen molar-refractivity contribution in [2.45, 2.75) is 37.8 Å². The van der Waals surface area contributed by atoms with Gasteiger partial charge in [0.05, 0.1) is 13.0 Å². The number of fused-ring (bicyclic) bond motifs is 1. The lowest BCUT2D eigenvalue weighted by Gasteiger charge is -2.43. The number of carbonyl (C=O) groups excluding carboxylic acids is 1. The molecule has 1 aliphatic carbocycles. The van der Waals surface area contributed by atoms with Crippen LogP contribution in [0.4, 0.5) is 5.13 Å². The maximum absolute atomic E-state index is 12.8. The largest absolute Gasteiger partial charge is 0.485 e. The minimum absolute atomic E-state index is 0.0837. The SMILES string of the molecule is CNc1nnc(CC(=O)N2Cc3ccccc3OC3(CCC3)C2)s1. The van der Waals surface area contributed by atoms with Crippen LogP contribution >= 0.6 is 11.3 Å². The molecule has 1 aliphatic heterocycles. The number of nitrogens with one attached hydrogen (secondary N) is 1. The van der Waals surface area contributed by atoms with Crippen molar-refractivity contribution in [1.29, 1.82) is 0 Å². The van der Waals surface area contributed by atoms with Crippen molar-refractivity contribution < 1.29 is 9.53 Å². The zero-order valence-corrected chi connectivity index (χ0v) is 14.4. The van der Waals surface area contributed by atoms with Crippen LogP contribution in [0, 0.1) is 0 Å². The molecule has 1 aromatic carbocycles. The van der Waals surface area contributed by atoms with E-state index < -0.39 is 0 Å². The highest BCUT2D eigenvalue weighted by Gasteiger charge is 2.44. The van der Waals surface area contributed by atoms with E-state index in [1.807, 2.05) is 29.2 Å². The summed E-state index contributed by atoms with van der Waals surface area (Å²) in [4.78, 5) is 14.8. The quantitative estimate of drug-likeness (QED) is 0.926. The highest BCUT2D eigenvalue weighted by Crippen LogP contribution is 2.41. The lowest BCUT2D eigenvalue weighted by Crippen LogP contribution is -2.52. The number of hydrogen-bond acceptors (Lipinski definition) is 6. The summed E-state index contributed by atoms with van der Waals surface area (Å²) in [6, 6.07) is 8.03. The Kier molecular flexibility index (Phi) is 3.88. The van der Waals surface area contributed by atoms with Crippen LogP contribution < -0.4 is 10.1 Å². The Morgan fingerprint density at radius 1 is 1.38 bits per heavy atom. The highest BCUT2D eigenvalue weighted by molar-refractivity contribution is 7.15. The van der Waals surface area contributed by atoms with Crippen molar-refractivity contribution in [3.8, 4) is 5.75 Å². The number of para-hydroxylation sites is 1. The summed E-state index contributed by atoms with van der Waals surface area (Å²) in [7, 11) is 1.80. The zero-order chi connectivity index (χ0) is 16.6. The van der Waals surface area contributed by atoms with E-state index >= 15 is 0 Å². The number of ether oxygens (including phenoxy) is 1. The molecule has 2 heterocycles. The van der Waals surface area contributed by atoms with Gasteiger partial charge in [0.25, 0.3) is 0 Å². The van der Waals surface area contributed by atoms with Crippen molar-refractivity contribution in [3.63, 3.8) is 0 Å². The van der Waals surface area contributed by atoms with Crippen molar-refractivity contribution in [3.05, 3.63) is 34.8 Å². The fourth-order valence-electron chi connectivity index (χ4n) is 3.28. The summed E-state index contributed by atoms with van der Waals surface area (Å²) >= 11 is 1.42. The topological polar surface area (TPSA) is 67.4 Å². The molecule has 126 valence electrons. The molecule has 1 N–H and O–H groups in total. The number of benzene rings is 1. The number of rotatable bonds is 3. The number of aromatic nitrogens is 2. The number of hydrogen-bond donors (Lipinski definition) is 1. The number of nitrogens with zero attached hydrogens (tertiary/aromatic N) is 3. The Morgan fingerprint density at radius 3 is 2.92 bits per heavy atom. The van der Waals surface area contributed by atoms with E-state index in [-0.39, 0.29) is 17.9 Å². The van der Waals surface area contributed by atoms with Gasteiger partial charge in [-0.25, -0.2) is 0 Å². The van der Waals surface area contributed by atoms with Gasteiger partial charge in [0.15, 0.2) is 0 Å². The van der Waals surface area contributed by atoms with E-state index in [1.165, 1.54) is 11.3 Å². The fraction of sp³-hybridized carbons (Fsp3) is 0.471. The molecule has 0 saturated heterocycles. The lowest BCUT2D eigenvalue weighted by molar-refractivity contribution is -0.135. The summed E-state index contributed by atoms with van der Waals surface area (Å²) in [5.74, 6) is 1.00. The van der Waals surface area contributed by atoms with Gasteiger partial charge in [0, 0.05) is 19.2 Å². The van der Waals surface area contributed by atoms with Crippen LogP contribution in [0.5, 0.6) is 5.75 Å². The van der Waals surface area contributed by atoms with Crippen molar-refractivity contribution in [1.82, 2.24) is 15.1 Å². The van der Waals surface area contributed by atoms with Crippen LogP contribution in [0.1, 0.15) is 29.8 Å². The van der Waals surface area contributed by atoms with Gasteiger partial charge in [-0.2, -0.15) is 0 Å². The van der Waals surface area contributed by atoms with E-state index in [1.54, 1.807) is 7.05 Å². The Labute approximate surface area is 144 Å². The third-order valence-electron chi connectivity index (χ3n) is 4.74. The van der Waals surface area contributed by atoms with Crippen LogP contribution in [-0.4, -0.2) is 40.2 Å². The smallest absolute Gasteiger partial charge is 0.229 e. The minimum Gasteiger partial charge on any atom is -0.485 e. The number of amides is 1. The summed E-state index contributed by atoms with van der Waals surface area (Å²) in [5.41, 5.74) is 0.863. The molecule has 4 rings (SSSR count). The van der Waals surface area contributed by atoms with E-state index in [9.17, 15) is 4.79 Å². The van der Waals surface area contributed by atoms with Crippen molar-refractivity contribution in [2.75, 3.05) is 18.9 Å².